The number of aromatic nitrogens is 1. The lowest BCUT2D eigenvalue weighted by atomic mass is 9.95. The Balaban J connectivity index is 1.72. The van der Waals surface area contributed by atoms with E-state index in [1.165, 1.54) is 22.8 Å². The summed E-state index contributed by atoms with van der Waals surface area (Å²) < 4.78 is 17.6. The van der Waals surface area contributed by atoms with Gasteiger partial charge in [0.1, 0.15) is 0 Å². The maximum absolute atomic E-state index is 13.8. The number of carbonyl (C=O) groups is 1. The second kappa shape index (κ2) is 9.78. The number of thiazole rings is 1. The maximum Gasteiger partial charge on any atom is 0.338 e. The molecule has 0 radical (unpaired) electrons. The fraction of sp³-hybridized carbons (Fsp3) is 0.269. The standard InChI is InChI=1S/C26H24N4O7S/c1-5-35-25(32)22-14(2)27-26-29(23(22)15-6-8-17(9-7-15)28(3)4)24(31)21(38-26)11-16-10-19-20(37-13-36-19)12-18(16)30(33)34/h6-12,23H,5,13H2,1-4H3/b21-11-/t23-/m0/s1. The van der Waals surface area contributed by atoms with Crippen LogP contribution < -0.4 is 29.3 Å². The van der Waals surface area contributed by atoms with Crippen molar-refractivity contribution in [3.05, 3.63) is 88.6 Å². The van der Waals surface area contributed by atoms with Gasteiger partial charge in [0.05, 0.1) is 45.0 Å². The van der Waals surface area contributed by atoms with Crippen molar-refractivity contribution in [2.24, 2.45) is 4.99 Å². The van der Waals surface area contributed by atoms with Gasteiger partial charge in [-0.15, -0.1) is 0 Å². The first-order valence-electron chi connectivity index (χ1n) is 11.7. The highest BCUT2D eigenvalue weighted by Gasteiger charge is 2.33. The predicted octanol–water partition coefficient (Wildman–Crippen LogP) is 2.50. The van der Waals surface area contributed by atoms with Gasteiger partial charge in [-0.25, -0.2) is 9.79 Å². The molecule has 0 saturated carbocycles. The Bertz CT molecular complexity index is 1670. The summed E-state index contributed by atoms with van der Waals surface area (Å²) in [4.78, 5) is 44.9. The Labute approximate surface area is 220 Å². The molecule has 0 spiro atoms. The van der Waals surface area contributed by atoms with Crippen LogP contribution in [0, 0.1) is 10.1 Å². The van der Waals surface area contributed by atoms with Crippen LogP contribution in [0.1, 0.15) is 31.0 Å². The van der Waals surface area contributed by atoms with Crippen LogP contribution in [0.5, 0.6) is 11.5 Å². The van der Waals surface area contributed by atoms with Crippen LogP contribution in [-0.2, 0) is 9.53 Å². The molecule has 0 aliphatic carbocycles. The highest BCUT2D eigenvalue weighted by Crippen LogP contribution is 2.38. The summed E-state index contributed by atoms with van der Waals surface area (Å²) >= 11 is 1.09. The van der Waals surface area contributed by atoms with Crippen LogP contribution in [0.3, 0.4) is 0 Å². The minimum atomic E-state index is -0.782. The lowest BCUT2D eigenvalue weighted by Crippen LogP contribution is -2.40. The summed E-state index contributed by atoms with van der Waals surface area (Å²) in [6, 6.07) is 9.50. The Kier molecular flexibility index (Phi) is 6.49. The van der Waals surface area contributed by atoms with Crippen LogP contribution in [0.15, 0.2) is 57.5 Å². The zero-order chi connectivity index (χ0) is 27.1. The second-order valence-corrected chi connectivity index (χ2v) is 9.82. The number of fused-ring (bicyclic) bond motifs is 2. The van der Waals surface area contributed by atoms with Gasteiger partial charge in [-0.05, 0) is 43.7 Å². The average molecular weight is 537 g/mol. The summed E-state index contributed by atoms with van der Waals surface area (Å²) in [6.07, 6.45) is 1.44. The van der Waals surface area contributed by atoms with Crippen molar-refractivity contribution in [3.8, 4) is 11.5 Å². The number of nitro groups is 1. The summed E-state index contributed by atoms with van der Waals surface area (Å²) in [6.45, 7) is 3.54. The van der Waals surface area contributed by atoms with Gasteiger partial charge in [0.15, 0.2) is 16.3 Å². The molecule has 12 heteroatoms. The normalized spacial score (nSPS) is 16.2. The van der Waals surface area contributed by atoms with Crippen LogP contribution >= 0.6 is 11.3 Å². The van der Waals surface area contributed by atoms with Crippen LogP contribution in [0.25, 0.3) is 6.08 Å². The third-order valence-electron chi connectivity index (χ3n) is 6.25. The number of allylic oxidation sites excluding steroid dienone is 1. The molecule has 0 bridgehead atoms. The summed E-state index contributed by atoms with van der Waals surface area (Å²) in [5.74, 6) is 0.0660. The maximum atomic E-state index is 13.8. The van der Waals surface area contributed by atoms with Crippen LogP contribution in [0.4, 0.5) is 11.4 Å². The number of hydrogen-bond acceptors (Lipinski definition) is 10. The zero-order valence-corrected chi connectivity index (χ0v) is 21.9. The number of nitrogens with zero attached hydrogens (tertiary/aromatic N) is 4. The molecule has 196 valence electrons. The first-order chi connectivity index (χ1) is 18.2. The SMILES string of the molecule is CCOC(=O)C1=C(C)N=c2s/c(=C\c3cc4c(cc3[N+](=O)[O-])OCO4)c(=O)n2[C@H]1c1ccc(N(C)C)cc1. The second-order valence-electron chi connectivity index (χ2n) is 8.81. The van der Waals surface area contributed by atoms with Crippen molar-refractivity contribution in [2.45, 2.75) is 19.9 Å². The van der Waals surface area contributed by atoms with Crippen molar-refractivity contribution < 1.29 is 23.9 Å². The van der Waals surface area contributed by atoms with Gasteiger partial charge in [0.2, 0.25) is 6.79 Å². The largest absolute Gasteiger partial charge is 0.463 e. The minimum Gasteiger partial charge on any atom is -0.463 e. The fourth-order valence-corrected chi connectivity index (χ4v) is 5.46. The van der Waals surface area contributed by atoms with Gasteiger partial charge in [0, 0.05) is 19.8 Å². The summed E-state index contributed by atoms with van der Waals surface area (Å²) in [7, 11) is 3.84. The van der Waals surface area contributed by atoms with Gasteiger partial charge in [-0.1, -0.05) is 23.5 Å². The van der Waals surface area contributed by atoms with Gasteiger partial charge in [-0.2, -0.15) is 0 Å². The predicted molar refractivity (Wildman–Crippen MR) is 140 cm³/mol. The van der Waals surface area contributed by atoms with E-state index in [-0.39, 0.29) is 40.5 Å². The monoisotopic (exact) mass is 536 g/mol. The smallest absolute Gasteiger partial charge is 0.338 e. The number of carbonyl (C=O) groups excluding carboxylic acids is 1. The van der Waals surface area contributed by atoms with Gasteiger partial charge >= 0.3 is 5.97 Å². The van der Waals surface area contributed by atoms with Gasteiger partial charge < -0.3 is 19.1 Å². The van der Waals surface area contributed by atoms with E-state index in [1.807, 2.05) is 43.3 Å². The molecule has 0 unspecified atom stereocenters. The number of benzene rings is 2. The molecule has 2 aliphatic rings. The van der Waals surface area contributed by atoms with Crippen molar-refractivity contribution in [3.63, 3.8) is 0 Å². The number of anilines is 1. The Morgan fingerprint density at radius 1 is 1.26 bits per heavy atom. The van der Waals surface area contributed by atoms with Crippen LogP contribution in [0.2, 0.25) is 0 Å². The van der Waals surface area contributed by atoms with E-state index >= 15 is 0 Å². The number of esters is 1. The van der Waals surface area contributed by atoms with Crippen molar-refractivity contribution in [1.82, 2.24) is 4.57 Å². The molecule has 38 heavy (non-hydrogen) atoms. The topological polar surface area (TPSA) is 126 Å². The molecule has 5 rings (SSSR count). The molecule has 0 fully saturated rings. The van der Waals surface area contributed by atoms with Crippen molar-refractivity contribution >= 4 is 34.8 Å². The van der Waals surface area contributed by atoms with Gasteiger partial charge in [-0.3, -0.25) is 19.5 Å². The van der Waals surface area contributed by atoms with Crippen molar-refractivity contribution in [2.75, 3.05) is 32.4 Å². The first-order valence-corrected chi connectivity index (χ1v) is 12.6. The molecule has 1 aromatic heterocycles. The van der Waals surface area contributed by atoms with E-state index in [9.17, 15) is 19.7 Å². The zero-order valence-electron chi connectivity index (χ0n) is 21.1. The lowest BCUT2D eigenvalue weighted by Gasteiger charge is -2.25. The average Bonchev–Trinajstić information content (AvgIpc) is 3.46. The number of ether oxygens (including phenoxy) is 3. The number of hydrogen-bond donors (Lipinski definition) is 0. The van der Waals surface area contributed by atoms with E-state index in [1.54, 1.807) is 13.8 Å². The quantitative estimate of drug-likeness (QED) is 0.267. The van der Waals surface area contributed by atoms with E-state index in [4.69, 9.17) is 14.2 Å². The van der Waals surface area contributed by atoms with E-state index < -0.39 is 22.5 Å². The molecule has 0 amide bonds. The number of nitro benzene ring substituents is 1. The molecule has 3 heterocycles. The molecule has 2 aromatic carbocycles. The summed E-state index contributed by atoms with van der Waals surface area (Å²) in [5.41, 5.74) is 1.89. The highest BCUT2D eigenvalue weighted by atomic mass is 32.1. The molecule has 0 N–H and O–H groups in total. The Morgan fingerprint density at radius 3 is 2.58 bits per heavy atom. The molecule has 11 nitrogen and oxygen atoms in total. The van der Waals surface area contributed by atoms with Gasteiger partial charge in [0.25, 0.3) is 11.2 Å². The third-order valence-corrected chi connectivity index (χ3v) is 7.23. The first kappa shape index (κ1) is 25.2. The summed E-state index contributed by atoms with van der Waals surface area (Å²) in [5, 5.41) is 11.8. The minimum absolute atomic E-state index is 0.0410. The van der Waals surface area contributed by atoms with E-state index in [0.29, 0.717) is 21.8 Å². The molecule has 0 saturated heterocycles. The molecular weight excluding hydrogens is 512 g/mol. The third kappa shape index (κ3) is 4.32. The Morgan fingerprint density at radius 2 is 1.95 bits per heavy atom. The highest BCUT2D eigenvalue weighted by molar-refractivity contribution is 7.07. The Hall–Kier alpha value is -4.45. The van der Waals surface area contributed by atoms with E-state index in [0.717, 1.165) is 17.0 Å². The number of rotatable bonds is 6. The molecule has 2 aliphatic heterocycles. The molecule has 3 aromatic rings. The molecular formula is C26H24N4O7S. The lowest BCUT2D eigenvalue weighted by molar-refractivity contribution is -0.385. The van der Waals surface area contributed by atoms with E-state index in [2.05, 4.69) is 4.99 Å². The van der Waals surface area contributed by atoms with Crippen molar-refractivity contribution in [1.29, 1.82) is 0 Å². The fourth-order valence-electron chi connectivity index (χ4n) is 4.42. The molecule has 1 atom stereocenters. The van der Waals surface area contributed by atoms with Crippen LogP contribution in [-0.4, -0.2) is 43.0 Å².